The normalized spacial score (nSPS) is 21.1. The fraction of sp³-hybridized carbons (Fsp3) is 0.667. The molecule has 2 rings (SSSR count). The van der Waals surface area contributed by atoms with Crippen LogP contribution in [0.4, 0.5) is 0 Å². The Hall–Kier alpha value is -1.40. The van der Waals surface area contributed by atoms with E-state index < -0.39 is 5.97 Å². The minimum Gasteiger partial charge on any atom is -0.481 e. The average Bonchev–Trinajstić information content (AvgIpc) is 2.60. The number of hydrogen-bond acceptors (Lipinski definition) is 5. The second kappa shape index (κ2) is 5.49. The van der Waals surface area contributed by atoms with Crippen molar-refractivity contribution in [1.29, 1.82) is 0 Å². The standard InChI is InChI=1S/C12H18N2O4/c1-8-11(9(2)18-13-8)7-14-3-4-17-10(6-14)5-12(15)16/h10H,3-7H2,1-2H3,(H,15,16). The summed E-state index contributed by atoms with van der Waals surface area (Å²) >= 11 is 0. The van der Waals surface area contributed by atoms with E-state index >= 15 is 0 Å². The quantitative estimate of drug-likeness (QED) is 0.862. The number of aliphatic carboxylic acids is 1. The minimum absolute atomic E-state index is 0.0537. The number of carbonyl (C=O) groups is 1. The summed E-state index contributed by atoms with van der Waals surface area (Å²) in [5.41, 5.74) is 1.99. The Balaban J connectivity index is 1.95. The molecule has 0 spiro atoms. The maximum absolute atomic E-state index is 10.7. The third kappa shape index (κ3) is 3.08. The molecule has 0 amide bonds. The number of aryl methyl sites for hydroxylation is 2. The average molecular weight is 254 g/mol. The highest BCUT2D eigenvalue weighted by molar-refractivity contribution is 5.67. The van der Waals surface area contributed by atoms with E-state index in [0.29, 0.717) is 13.2 Å². The molecule has 1 aliphatic heterocycles. The Morgan fingerprint density at radius 3 is 2.94 bits per heavy atom. The molecule has 100 valence electrons. The first-order chi connectivity index (χ1) is 8.56. The maximum atomic E-state index is 10.7. The molecular weight excluding hydrogens is 236 g/mol. The smallest absolute Gasteiger partial charge is 0.306 e. The molecule has 0 aliphatic carbocycles. The lowest BCUT2D eigenvalue weighted by Crippen LogP contribution is -2.42. The third-order valence-corrected chi connectivity index (χ3v) is 3.19. The van der Waals surface area contributed by atoms with Crippen molar-refractivity contribution < 1.29 is 19.2 Å². The van der Waals surface area contributed by atoms with Crippen molar-refractivity contribution >= 4 is 5.97 Å². The summed E-state index contributed by atoms with van der Waals surface area (Å²) in [7, 11) is 0. The molecule has 0 saturated carbocycles. The summed E-state index contributed by atoms with van der Waals surface area (Å²) in [6, 6.07) is 0. The summed E-state index contributed by atoms with van der Waals surface area (Å²) < 4.78 is 10.6. The second-order valence-corrected chi connectivity index (χ2v) is 4.63. The van der Waals surface area contributed by atoms with Gasteiger partial charge in [-0.2, -0.15) is 0 Å². The highest BCUT2D eigenvalue weighted by Gasteiger charge is 2.24. The molecule has 6 heteroatoms. The maximum Gasteiger partial charge on any atom is 0.306 e. The van der Waals surface area contributed by atoms with Crippen LogP contribution in [0.5, 0.6) is 0 Å². The highest BCUT2D eigenvalue weighted by atomic mass is 16.5. The van der Waals surface area contributed by atoms with Gasteiger partial charge in [0.05, 0.1) is 24.8 Å². The van der Waals surface area contributed by atoms with Crippen LogP contribution in [0.25, 0.3) is 0 Å². The van der Waals surface area contributed by atoms with Crippen LogP contribution in [-0.2, 0) is 16.1 Å². The van der Waals surface area contributed by atoms with E-state index in [4.69, 9.17) is 14.4 Å². The van der Waals surface area contributed by atoms with E-state index in [2.05, 4.69) is 10.1 Å². The highest BCUT2D eigenvalue weighted by Crippen LogP contribution is 2.17. The van der Waals surface area contributed by atoms with Crippen molar-refractivity contribution in [3.05, 3.63) is 17.0 Å². The summed E-state index contributed by atoms with van der Waals surface area (Å²) in [6.07, 6.45) is -0.172. The first-order valence-corrected chi connectivity index (χ1v) is 6.03. The molecule has 6 nitrogen and oxygen atoms in total. The molecule has 1 aliphatic rings. The number of nitrogens with zero attached hydrogens (tertiary/aromatic N) is 2. The lowest BCUT2D eigenvalue weighted by Gasteiger charge is -2.32. The van der Waals surface area contributed by atoms with Gasteiger partial charge in [-0.25, -0.2) is 0 Å². The van der Waals surface area contributed by atoms with E-state index in [0.717, 1.165) is 30.1 Å². The number of carboxylic acids is 1. The largest absolute Gasteiger partial charge is 0.481 e. The fourth-order valence-corrected chi connectivity index (χ4v) is 2.19. The van der Waals surface area contributed by atoms with Crippen LogP contribution in [0.1, 0.15) is 23.4 Å². The van der Waals surface area contributed by atoms with Crippen molar-refractivity contribution in [3.8, 4) is 0 Å². The lowest BCUT2D eigenvalue weighted by atomic mass is 10.1. The van der Waals surface area contributed by atoms with Gasteiger partial charge >= 0.3 is 5.97 Å². The zero-order valence-corrected chi connectivity index (χ0v) is 10.7. The summed E-state index contributed by atoms with van der Waals surface area (Å²) in [5.74, 6) is 0.00738. The number of hydrogen-bond donors (Lipinski definition) is 1. The van der Waals surface area contributed by atoms with E-state index in [1.165, 1.54) is 0 Å². The van der Waals surface area contributed by atoms with Crippen molar-refractivity contribution in [1.82, 2.24) is 10.1 Å². The zero-order valence-electron chi connectivity index (χ0n) is 10.7. The lowest BCUT2D eigenvalue weighted by molar-refractivity contribution is -0.142. The van der Waals surface area contributed by atoms with E-state index in [-0.39, 0.29) is 12.5 Å². The minimum atomic E-state index is -0.820. The van der Waals surface area contributed by atoms with Gasteiger partial charge < -0.3 is 14.4 Å². The number of ether oxygens (including phenoxy) is 1. The van der Waals surface area contributed by atoms with E-state index in [1.54, 1.807) is 0 Å². The Labute approximate surface area is 106 Å². The molecule has 1 fully saturated rings. The topological polar surface area (TPSA) is 75.8 Å². The van der Waals surface area contributed by atoms with Crippen LogP contribution in [0.3, 0.4) is 0 Å². The first-order valence-electron chi connectivity index (χ1n) is 6.03. The van der Waals surface area contributed by atoms with Gasteiger partial charge in [0.25, 0.3) is 0 Å². The summed E-state index contributed by atoms with van der Waals surface area (Å²) in [4.78, 5) is 12.9. The molecule has 2 heterocycles. The van der Waals surface area contributed by atoms with Gasteiger partial charge in [-0.3, -0.25) is 9.69 Å². The molecule has 1 aromatic rings. The molecule has 1 aromatic heterocycles. The van der Waals surface area contributed by atoms with Crippen LogP contribution in [0, 0.1) is 13.8 Å². The van der Waals surface area contributed by atoms with Gasteiger partial charge in [-0.05, 0) is 13.8 Å². The van der Waals surface area contributed by atoms with Crippen LogP contribution >= 0.6 is 0 Å². The Morgan fingerprint density at radius 1 is 1.56 bits per heavy atom. The molecule has 18 heavy (non-hydrogen) atoms. The number of rotatable bonds is 4. The fourth-order valence-electron chi connectivity index (χ4n) is 2.19. The molecule has 1 saturated heterocycles. The Bertz CT molecular complexity index is 410. The monoisotopic (exact) mass is 254 g/mol. The van der Waals surface area contributed by atoms with Crippen LogP contribution in [-0.4, -0.2) is 46.9 Å². The zero-order chi connectivity index (χ0) is 13.1. The predicted molar refractivity (Wildman–Crippen MR) is 63.2 cm³/mol. The van der Waals surface area contributed by atoms with Gasteiger partial charge in [-0.15, -0.1) is 0 Å². The Kier molecular flexibility index (Phi) is 3.98. The molecule has 1 N–H and O–H groups in total. The summed E-state index contributed by atoms with van der Waals surface area (Å²) in [5, 5.41) is 12.7. The van der Waals surface area contributed by atoms with Crippen LogP contribution in [0.15, 0.2) is 4.52 Å². The van der Waals surface area contributed by atoms with Crippen molar-refractivity contribution in [2.75, 3.05) is 19.7 Å². The second-order valence-electron chi connectivity index (χ2n) is 4.63. The van der Waals surface area contributed by atoms with E-state index in [9.17, 15) is 4.79 Å². The Morgan fingerprint density at radius 2 is 2.33 bits per heavy atom. The SMILES string of the molecule is Cc1noc(C)c1CN1CCOC(CC(=O)O)C1. The third-order valence-electron chi connectivity index (χ3n) is 3.19. The summed E-state index contributed by atoms with van der Waals surface area (Å²) in [6.45, 7) is 6.56. The van der Waals surface area contributed by atoms with Crippen molar-refractivity contribution in [2.45, 2.75) is 32.9 Å². The predicted octanol–water partition coefficient (Wildman–Crippen LogP) is 0.967. The van der Waals surface area contributed by atoms with Crippen LogP contribution in [0.2, 0.25) is 0 Å². The van der Waals surface area contributed by atoms with E-state index in [1.807, 2.05) is 13.8 Å². The molecule has 1 unspecified atom stereocenters. The van der Waals surface area contributed by atoms with Gasteiger partial charge in [0.15, 0.2) is 0 Å². The first kappa shape index (κ1) is 13.0. The number of morpholine rings is 1. The van der Waals surface area contributed by atoms with Crippen molar-refractivity contribution in [2.24, 2.45) is 0 Å². The molecular formula is C12H18N2O4. The van der Waals surface area contributed by atoms with Gasteiger partial charge in [0, 0.05) is 25.2 Å². The number of aromatic nitrogens is 1. The molecule has 0 radical (unpaired) electrons. The molecule has 1 atom stereocenters. The molecule has 0 aromatic carbocycles. The van der Waals surface area contributed by atoms with Crippen LogP contribution < -0.4 is 0 Å². The van der Waals surface area contributed by atoms with Gasteiger partial charge in [-0.1, -0.05) is 5.16 Å². The number of carboxylic acid groups (broad SMARTS) is 1. The molecule has 0 bridgehead atoms. The van der Waals surface area contributed by atoms with Gasteiger partial charge in [0.1, 0.15) is 5.76 Å². The van der Waals surface area contributed by atoms with Crippen molar-refractivity contribution in [3.63, 3.8) is 0 Å². The van der Waals surface area contributed by atoms with Gasteiger partial charge in [0.2, 0.25) is 0 Å².